The van der Waals surface area contributed by atoms with Crippen molar-refractivity contribution in [2.45, 2.75) is 12.6 Å². The summed E-state index contributed by atoms with van der Waals surface area (Å²) in [6.07, 6.45) is -5.62. The van der Waals surface area contributed by atoms with Gasteiger partial charge in [-0.1, -0.05) is 18.2 Å². The fraction of sp³-hybridized carbons (Fsp3) is 0.176. The highest BCUT2D eigenvalue weighted by atomic mass is 32.1. The number of ketones is 1. The van der Waals surface area contributed by atoms with E-state index in [9.17, 15) is 27.6 Å². The minimum Gasteiger partial charge on any atom is -0.495 e. The average molecular weight is 413 g/mol. The molecule has 2 amide bonds. The van der Waals surface area contributed by atoms with Crippen LogP contribution in [-0.4, -0.2) is 36.6 Å². The van der Waals surface area contributed by atoms with E-state index in [1.54, 1.807) is 23.6 Å². The normalized spacial score (nSPS) is 11.6. The average Bonchev–Trinajstić information content (AvgIpc) is 3.13. The number of carbonyl (C=O) groups is 3. The van der Waals surface area contributed by atoms with Crippen LogP contribution in [0.4, 0.5) is 18.9 Å². The summed E-state index contributed by atoms with van der Waals surface area (Å²) in [6, 6.07) is 9.19. The molecule has 0 aliphatic carbocycles. The van der Waals surface area contributed by atoms with E-state index < -0.39 is 35.9 Å². The predicted molar refractivity (Wildman–Crippen MR) is 96.3 cm³/mol. The van der Waals surface area contributed by atoms with Crippen molar-refractivity contribution in [3.63, 3.8) is 0 Å². The molecule has 0 spiro atoms. The second-order valence-electron chi connectivity index (χ2n) is 5.23. The van der Waals surface area contributed by atoms with E-state index in [2.05, 4.69) is 10.4 Å². The smallest absolute Gasteiger partial charge is 0.438 e. The van der Waals surface area contributed by atoms with Crippen molar-refractivity contribution in [1.29, 1.82) is 0 Å². The Labute approximate surface area is 161 Å². The van der Waals surface area contributed by atoms with Gasteiger partial charge in [0, 0.05) is 11.3 Å². The van der Waals surface area contributed by atoms with Crippen molar-refractivity contribution < 1.29 is 32.3 Å². The van der Waals surface area contributed by atoms with Gasteiger partial charge in [-0.2, -0.15) is 18.3 Å². The van der Waals surface area contributed by atoms with Gasteiger partial charge < -0.3 is 10.1 Å². The maximum Gasteiger partial charge on any atom is 0.438 e. The molecule has 148 valence electrons. The molecule has 11 heteroatoms. The Balaban J connectivity index is 2.09. The van der Waals surface area contributed by atoms with Crippen LogP contribution in [0.5, 0.6) is 5.75 Å². The summed E-state index contributed by atoms with van der Waals surface area (Å²) in [5, 5.41) is 6.62. The lowest BCUT2D eigenvalue weighted by Crippen LogP contribution is -2.38. The highest BCUT2D eigenvalue weighted by molar-refractivity contribution is 7.10. The number of amides is 2. The summed E-state index contributed by atoms with van der Waals surface area (Å²) < 4.78 is 44.2. The summed E-state index contributed by atoms with van der Waals surface area (Å²) in [5.74, 6) is -3.84. The zero-order chi connectivity index (χ0) is 20.7. The molecule has 0 fully saturated rings. The van der Waals surface area contributed by atoms with E-state index >= 15 is 0 Å². The third-order valence-corrected chi connectivity index (χ3v) is 4.15. The number of ether oxygens (including phenoxy) is 1. The van der Waals surface area contributed by atoms with Crippen LogP contribution in [0.1, 0.15) is 4.88 Å². The molecule has 1 aromatic carbocycles. The van der Waals surface area contributed by atoms with Gasteiger partial charge in [-0.05, 0) is 23.6 Å². The first-order valence-electron chi connectivity index (χ1n) is 7.67. The maximum atomic E-state index is 13.1. The SMILES string of the molecule is COc1ccccc1NC(=O)C(=O)N/N=C(/C(=O)Cc1cccs1)C(F)(F)F. The second kappa shape index (κ2) is 9.13. The number of halogens is 3. The molecular weight excluding hydrogens is 399 g/mol. The third kappa shape index (κ3) is 5.64. The number of methoxy groups -OCH3 is 1. The number of carbonyl (C=O) groups excluding carboxylic acids is 3. The molecule has 1 aromatic heterocycles. The van der Waals surface area contributed by atoms with Gasteiger partial charge in [0.05, 0.1) is 12.8 Å². The van der Waals surface area contributed by atoms with Crippen LogP contribution in [0.3, 0.4) is 0 Å². The quantitative estimate of drug-likeness (QED) is 0.432. The number of hydrogen-bond acceptors (Lipinski definition) is 6. The molecule has 0 aliphatic heterocycles. The number of nitrogens with zero attached hydrogens (tertiary/aromatic N) is 1. The first kappa shape index (κ1) is 21.1. The van der Waals surface area contributed by atoms with Crippen molar-refractivity contribution in [2.24, 2.45) is 5.10 Å². The Bertz CT molecular complexity index is 895. The molecule has 0 bridgehead atoms. The van der Waals surface area contributed by atoms with Crippen LogP contribution in [-0.2, 0) is 20.8 Å². The number of nitrogens with one attached hydrogen (secondary N) is 2. The summed E-state index contributed by atoms with van der Waals surface area (Å²) in [7, 11) is 1.34. The Kier molecular flexibility index (Phi) is 6.88. The van der Waals surface area contributed by atoms with Gasteiger partial charge in [0.25, 0.3) is 0 Å². The van der Waals surface area contributed by atoms with E-state index in [4.69, 9.17) is 4.74 Å². The number of para-hydroxylation sites is 2. The Morgan fingerprint density at radius 3 is 2.43 bits per heavy atom. The number of alkyl halides is 3. The van der Waals surface area contributed by atoms with Crippen LogP contribution < -0.4 is 15.5 Å². The van der Waals surface area contributed by atoms with E-state index in [-0.39, 0.29) is 11.4 Å². The van der Waals surface area contributed by atoms with Gasteiger partial charge in [0.2, 0.25) is 5.71 Å². The van der Waals surface area contributed by atoms with E-state index in [0.29, 0.717) is 4.88 Å². The van der Waals surface area contributed by atoms with E-state index in [1.165, 1.54) is 30.7 Å². The molecule has 0 saturated heterocycles. The summed E-state index contributed by atoms with van der Waals surface area (Å²) in [4.78, 5) is 35.9. The molecule has 28 heavy (non-hydrogen) atoms. The second-order valence-corrected chi connectivity index (χ2v) is 6.27. The fourth-order valence-corrected chi connectivity index (χ4v) is 2.73. The Morgan fingerprint density at radius 2 is 1.82 bits per heavy atom. The molecule has 0 saturated carbocycles. The molecule has 0 unspecified atom stereocenters. The molecule has 7 nitrogen and oxygen atoms in total. The van der Waals surface area contributed by atoms with Crippen molar-refractivity contribution in [2.75, 3.05) is 12.4 Å². The van der Waals surface area contributed by atoms with Crippen LogP contribution in [0.2, 0.25) is 0 Å². The number of Topliss-reactive ketones (excluding diaryl/α,β-unsaturated/α-hetero) is 1. The van der Waals surface area contributed by atoms with Gasteiger partial charge in [0.15, 0.2) is 5.78 Å². The number of rotatable bonds is 6. The minimum atomic E-state index is -5.10. The zero-order valence-electron chi connectivity index (χ0n) is 14.4. The van der Waals surface area contributed by atoms with Gasteiger partial charge in [-0.25, -0.2) is 5.43 Å². The predicted octanol–water partition coefficient (Wildman–Crippen LogP) is 2.54. The number of anilines is 1. The van der Waals surface area contributed by atoms with Crippen LogP contribution >= 0.6 is 11.3 Å². The minimum absolute atomic E-state index is 0.138. The van der Waals surface area contributed by atoms with Gasteiger partial charge in [0.1, 0.15) is 5.75 Å². The standard InChI is InChI=1S/C17H14F3N3O4S/c1-27-13-7-3-2-6-11(13)21-15(25)16(26)23-22-14(17(18,19)20)12(24)9-10-5-4-8-28-10/h2-8H,9H2,1H3,(H,21,25)(H,23,26)/b22-14-. The van der Waals surface area contributed by atoms with E-state index in [1.807, 2.05) is 0 Å². The molecule has 1 heterocycles. The number of hydrazone groups is 1. The van der Waals surface area contributed by atoms with Crippen molar-refractivity contribution in [3.8, 4) is 5.75 Å². The Hall–Kier alpha value is -3.21. The number of thiophene rings is 1. The monoisotopic (exact) mass is 413 g/mol. The van der Waals surface area contributed by atoms with Crippen LogP contribution in [0, 0.1) is 0 Å². The number of benzene rings is 1. The first-order valence-corrected chi connectivity index (χ1v) is 8.55. The lowest BCUT2D eigenvalue weighted by Gasteiger charge is -2.10. The number of hydrogen-bond donors (Lipinski definition) is 2. The topological polar surface area (TPSA) is 96.9 Å². The van der Waals surface area contributed by atoms with Crippen LogP contribution in [0.15, 0.2) is 46.9 Å². The largest absolute Gasteiger partial charge is 0.495 e. The van der Waals surface area contributed by atoms with Crippen molar-refractivity contribution in [3.05, 3.63) is 46.7 Å². The lowest BCUT2D eigenvalue weighted by atomic mass is 10.1. The first-order chi connectivity index (χ1) is 13.2. The van der Waals surface area contributed by atoms with E-state index in [0.717, 1.165) is 11.3 Å². The van der Waals surface area contributed by atoms with Crippen molar-refractivity contribution >= 4 is 40.3 Å². The van der Waals surface area contributed by atoms with Gasteiger partial charge in [-0.3, -0.25) is 14.4 Å². The Morgan fingerprint density at radius 1 is 1.11 bits per heavy atom. The molecule has 0 aliphatic rings. The zero-order valence-corrected chi connectivity index (χ0v) is 15.2. The van der Waals surface area contributed by atoms with Gasteiger partial charge >= 0.3 is 18.0 Å². The van der Waals surface area contributed by atoms with Crippen molar-refractivity contribution in [1.82, 2.24) is 5.43 Å². The maximum absolute atomic E-state index is 13.1. The molecule has 2 N–H and O–H groups in total. The summed E-state index contributed by atoms with van der Waals surface area (Å²) in [5.41, 5.74) is -0.202. The van der Waals surface area contributed by atoms with Crippen LogP contribution in [0.25, 0.3) is 0 Å². The molecule has 0 atom stereocenters. The third-order valence-electron chi connectivity index (χ3n) is 3.28. The lowest BCUT2D eigenvalue weighted by molar-refractivity contribution is -0.136. The summed E-state index contributed by atoms with van der Waals surface area (Å²) in [6.45, 7) is 0. The highest BCUT2D eigenvalue weighted by Gasteiger charge is 2.41. The molecule has 0 radical (unpaired) electrons. The molecule has 2 aromatic rings. The fourth-order valence-electron chi connectivity index (χ4n) is 2.02. The molecular formula is C17H14F3N3O4S. The summed E-state index contributed by atoms with van der Waals surface area (Å²) >= 11 is 1.11. The van der Waals surface area contributed by atoms with Gasteiger partial charge in [-0.15, -0.1) is 11.3 Å². The highest BCUT2D eigenvalue weighted by Crippen LogP contribution is 2.23. The molecule has 2 rings (SSSR count).